The van der Waals surface area contributed by atoms with Crippen molar-refractivity contribution in [3.8, 4) is 0 Å². The molecule has 0 saturated heterocycles. The maximum absolute atomic E-state index is 13.1. The predicted octanol–water partition coefficient (Wildman–Crippen LogP) is 5.87. The number of benzene rings is 2. The second-order valence-corrected chi connectivity index (χ2v) is 8.26. The quantitative estimate of drug-likeness (QED) is 0.505. The predicted molar refractivity (Wildman–Crippen MR) is 94.1 cm³/mol. The van der Waals surface area contributed by atoms with Gasteiger partial charge in [-0.25, -0.2) is 0 Å². The van der Waals surface area contributed by atoms with Crippen molar-refractivity contribution < 1.29 is 4.79 Å². The van der Waals surface area contributed by atoms with E-state index in [4.69, 9.17) is 23.2 Å². The lowest BCUT2D eigenvalue weighted by Gasteiger charge is -2.23. The minimum Gasteiger partial charge on any atom is -0.289 e. The molecule has 0 spiro atoms. The van der Waals surface area contributed by atoms with Crippen LogP contribution in [0.5, 0.6) is 0 Å². The number of ketones is 1. The minimum absolute atomic E-state index is 0.0475. The molecule has 2 rings (SSSR count). The van der Waals surface area contributed by atoms with E-state index in [0.29, 0.717) is 11.1 Å². The average Bonchev–Trinajstić information content (AvgIpc) is 2.45. The zero-order valence-electron chi connectivity index (χ0n) is 13.3. The molecule has 0 bridgehead atoms. The Balaban J connectivity index is 2.61. The molecule has 0 aliphatic heterocycles. The Labute approximate surface area is 142 Å². The van der Waals surface area contributed by atoms with E-state index >= 15 is 0 Å². The second kappa shape index (κ2) is 6.06. The van der Waals surface area contributed by atoms with Crippen LogP contribution in [0.15, 0.2) is 48.5 Å². The van der Waals surface area contributed by atoms with Crippen LogP contribution >= 0.6 is 23.2 Å². The monoisotopic (exact) mass is 334 g/mol. The molecule has 0 aliphatic carbocycles. The molecule has 2 aromatic rings. The summed E-state index contributed by atoms with van der Waals surface area (Å²) in [7, 11) is 0. The van der Waals surface area contributed by atoms with E-state index in [-0.39, 0.29) is 5.78 Å². The molecular weight excluding hydrogens is 315 g/mol. The van der Waals surface area contributed by atoms with E-state index < -0.39 is 9.75 Å². The summed E-state index contributed by atoms with van der Waals surface area (Å²) in [5.74, 6) is -0.0475. The van der Waals surface area contributed by atoms with Gasteiger partial charge in [-0.2, -0.15) is 0 Å². The Morgan fingerprint density at radius 2 is 1.05 bits per heavy atom. The normalized spacial score (nSPS) is 12.3. The third kappa shape index (κ3) is 3.53. The Hall–Kier alpha value is -1.31. The van der Waals surface area contributed by atoms with Crippen molar-refractivity contribution in [2.24, 2.45) is 0 Å². The van der Waals surface area contributed by atoms with Gasteiger partial charge < -0.3 is 0 Å². The number of halogens is 2. The van der Waals surface area contributed by atoms with Crippen LogP contribution in [0, 0.1) is 0 Å². The van der Waals surface area contributed by atoms with Gasteiger partial charge in [-0.15, -0.1) is 23.2 Å². The van der Waals surface area contributed by atoms with E-state index in [1.807, 2.05) is 76.2 Å². The van der Waals surface area contributed by atoms with E-state index in [1.54, 1.807) is 0 Å². The molecule has 1 nitrogen and oxygen atoms in total. The molecule has 0 amide bonds. The molecule has 3 heteroatoms. The molecule has 0 heterocycles. The number of carbonyl (C=O) groups is 1. The third-order valence-corrected chi connectivity index (χ3v) is 4.03. The summed E-state index contributed by atoms with van der Waals surface area (Å²) < 4.78 is 0. The highest BCUT2D eigenvalue weighted by molar-refractivity contribution is 6.26. The first-order chi connectivity index (χ1) is 10.1. The average molecular weight is 335 g/mol. The molecule has 22 heavy (non-hydrogen) atoms. The first kappa shape index (κ1) is 17.1. The summed E-state index contributed by atoms with van der Waals surface area (Å²) in [6, 6.07) is 14.9. The van der Waals surface area contributed by atoms with Crippen molar-refractivity contribution in [2.75, 3.05) is 0 Å². The Morgan fingerprint density at radius 3 is 1.36 bits per heavy atom. The van der Waals surface area contributed by atoms with Gasteiger partial charge in [0, 0.05) is 11.1 Å². The third-order valence-electron chi connectivity index (χ3n) is 3.62. The van der Waals surface area contributed by atoms with E-state index in [2.05, 4.69) is 0 Å². The van der Waals surface area contributed by atoms with Crippen LogP contribution in [-0.4, -0.2) is 5.78 Å². The summed E-state index contributed by atoms with van der Waals surface area (Å²) in [6.07, 6.45) is 0. The Bertz CT molecular complexity index is 632. The minimum atomic E-state index is -0.613. The molecule has 0 saturated carbocycles. The molecule has 0 aliphatic rings. The molecule has 0 N–H and O–H groups in total. The highest BCUT2D eigenvalue weighted by Crippen LogP contribution is 2.35. The van der Waals surface area contributed by atoms with Crippen LogP contribution in [0.2, 0.25) is 0 Å². The topological polar surface area (TPSA) is 17.1 Å². The second-order valence-electron chi connectivity index (χ2n) is 6.37. The molecule has 116 valence electrons. The molecule has 0 unspecified atom stereocenters. The lowest BCUT2D eigenvalue weighted by molar-refractivity contribution is 0.103. The van der Waals surface area contributed by atoms with Crippen molar-refractivity contribution >= 4 is 29.0 Å². The summed E-state index contributed by atoms with van der Waals surface area (Å²) in [5, 5.41) is 0. The number of carbonyl (C=O) groups excluding carboxylic acids is 1. The van der Waals surface area contributed by atoms with E-state index in [1.165, 1.54) is 0 Å². The van der Waals surface area contributed by atoms with E-state index in [0.717, 1.165) is 11.1 Å². The smallest absolute Gasteiger partial charge is 0.193 e. The number of hydrogen-bond donors (Lipinski definition) is 0. The lowest BCUT2D eigenvalue weighted by Crippen LogP contribution is -2.19. The molecule has 2 aromatic carbocycles. The van der Waals surface area contributed by atoms with E-state index in [9.17, 15) is 4.79 Å². The van der Waals surface area contributed by atoms with Crippen molar-refractivity contribution in [1.82, 2.24) is 0 Å². The van der Waals surface area contributed by atoms with Gasteiger partial charge in [-0.3, -0.25) is 4.79 Å². The molecular formula is C19H20Cl2O. The van der Waals surface area contributed by atoms with Gasteiger partial charge >= 0.3 is 0 Å². The van der Waals surface area contributed by atoms with Gasteiger partial charge in [0.1, 0.15) is 0 Å². The summed E-state index contributed by atoms with van der Waals surface area (Å²) in [5.41, 5.74) is 2.89. The Morgan fingerprint density at radius 1 is 0.727 bits per heavy atom. The van der Waals surface area contributed by atoms with Crippen LogP contribution in [0.4, 0.5) is 0 Å². The van der Waals surface area contributed by atoms with Gasteiger partial charge in [-0.1, -0.05) is 48.5 Å². The number of alkyl halides is 2. The molecule has 0 aromatic heterocycles. The van der Waals surface area contributed by atoms with Crippen molar-refractivity contribution in [3.63, 3.8) is 0 Å². The van der Waals surface area contributed by atoms with Crippen LogP contribution in [0.25, 0.3) is 0 Å². The maximum Gasteiger partial charge on any atom is 0.193 e. The highest BCUT2D eigenvalue weighted by Gasteiger charge is 2.28. The van der Waals surface area contributed by atoms with Crippen molar-refractivity contribution in [3.05, 3.63) is 70.8 Å². The summed E-state index contributed by atoms with van der Waals surface area (Å²) in [6.45, 7) is 7.55. The fourth-order valence-electron chi connectivity index (χ4n) is 2.54. The lowest BCUT2D eigenvalue weighted by atomic mass is 9.87. The van der Waals surface area contributed by atoms with Crippen LogP contribution < -0.4 is 0 Å². The standard InChI is InChI=1S/C19H20Cl2O/c1-18(2,20)15-11-7-5-9-13(15)17(22)14-10-6-8-12-16(14)19(3,4)21/h5-12H,1-4H3. The Kier molecular flexibility index (Phi) is 4.70. The molecule has 0 fully saturated rings. The summed E-state index contributed by atoms with van der Waals surface area (Å²) in [4.78, 5) is 11.8. The van der Waals surface area contributed by atoms with Gasteiger partial charge in [0.2, 0.25) is 0 Å². The molecule has 0 atom stereocenters. The highest BCUT2D eigenvalue weighted by atomic mass is 35.5. The van der Waals surface area contributed by atoms with Crippen LogP contribution in [-0.2, 0) is 9.75 Å². The zero-order chi connectivity index (χ0) is 16.5. The number of hydrogen-bond acceptors (Lipinski definition) is 1. The van der Waals surface area contributed by atoms with Crippen LogP contribution in [0.3, 0.4) is 0 Å². The summed E-state index contributed by atoms with van der Waals surface area (Å²) >= 11 is 12.9. The van der Waals surface area contributed by atoms with Crippen molar-refractivity contribution in [2.45, 2.75) is 37.4 Å². The fourth-order valence-corrected chi connectivity index (χ4v) is 2.87. The first-order valence-electron chi connectivity index (χ1n) is 7.24. The molecule has 0 radical (unpaired) electrons. The largest absolute Gasteiger partial charge is 0.289 e. The first-order valence-corrected chi connectivity index (χ1v) is 7.99. The van der Waals surface area contributed by atoms with Crippen molar-refractivity contribution in [1.29, 1.82) is 0 Å². The number of rotatable bonds is 4. The van der Waals surface area contributed by atoms with Crippen LogP contribution in [0.1, 0.15) is 54.7 Å². The van der Waals surface area contributed by atoms with Gasteiger partial charge in [-0.05, 0) is 38.8 Å². The fraction of sp³-hybridized carbons (Fsp3) is 0.316. The maximum atomic E-state index is 13.1. The zero-order valence-corrected chi connectivity index (χ0v) is 14.8. The SMILES string of the molecule is CC(C)(Cl)c1ccccc1C(=O)c1ccccc1C(C)(C)Cl. The van der Waals surface area contributed by atoms with Gasteiger partial charge in [0.15, 0.2) is 5.78 Å². The van der Waals surface area contributed by atoms with Gasteiger partial charge in [0.05, 0.1) is 9.75 Å². The van der Waals surface area contributed by atoms with Gasteiger partial charge in [0.25, 0.3) is 0 Å².